The Morgan fingerprint density at radius 2 is 1.35 bits per heavy atom. The molecule has 2 aliphatic heterocycles. The fourth-order valence-corrected chi connectivity index (χ4v) is 4.29. The third-order valence-electron chi connectivity index (χ3n) is 6.97. The number of carboxylic acid groups (broad SMARTS) is 1. The van der Waals surface area contributed by atoms with Crippen molar-refractivity contribution >= 4 is 5.97 Å². The van der Waals surface area contributed by atoms with Crippen LogP contribution in [0.25, 0.3) is 0 Å². The topological polar surface area (TPSA) is 186 Å². The van der Waals surface area contributed by atoms with E-state index in [-0.39, 0.29) is 6.61 Å². The zero-order valence-electron chi connectivity index (χ0n) is 20.4. The largest absolute Gasteiger partial charge is 0.479 e. The number of hydrogen-bond donors (Lipinski definition) is 4. The summed E-state index contributed by atoms with van der Waals surface area (Å²) in [7, 11) is 0. The summed E-state index contributed by atoms with van der Waals surface area (Å²) in [4.78, 5) is 60.1. The van der Waals surface area contributed by atoms with Crippen LogP contribution in [-0.2, 0) is 14.3 Å². The molecule has 0 amide bonds. The first-order chi connectivity index (χ1) is 17.1. The highest BCUT2D eigenvalue weighted by molar-refractivity contribution is 5.73. The van der Waals surface area contributed by atoms with Gasteiger partial charge < -0.3 is 19.7 Å². The van der Waals surface area contributed by atoms with Gasteiger partial charge in [0, 0.05) is 36.4 Å². The third-order valence-corrected chi connectivity index (χ3v) is 6.97. The molecule has 4 N–H and O–H groups in total. The van der Waals surface area contributed by atoms with Crippen LogP contribution >= 0.6 is 0 Å². The van der Waals surface area contributed by atoms with Crippen LogP contribution in [0, 0.1) is 11.8 Å². The van der Waals surface area contributed by atoms with Crippen LogP contribution in [0.3, 0.4) is 0 Å². The molecule has 0 aromatic carbocycles. The normalized spacial score (nSPS) is 35.1. The number of ether oxygens (including phenoxy) is 2. The van der Waals surface area contributed by atoms with E-state index < -0.39 is 76.3 Å². The molecule has 2 aliphatic rings. The molecule has 0 bridgehead atoms. The molecule has 0 spiro atoms. The number of carbonyl (C=O) groups is 1. The van der Waals surface area contributed by atoms with E-state index >= 15 is 0 Å². The number of H-pyrrole nitrogens is 2. The minimum atomic E-state index is -2.05. The Hall–Kier alpha value is -3.43. The standard InChI is InChI=1S/C11H13FN2O5.C11H15FN2O4/c1-5-7(8(16)17)19-9(11(5,2)12)14-4-3-6(15)13-10(14)18;1-6-7(5-15)18-9(11(6,2)12)14-4-3-8(16)13-10(14)17/h3-5,7,9H,1-2H3,(H,16,17)(H,13,15,18);3-4,6-7,9,15H,5H2,1-2H3,(H,13,16,17)/t5-,7+,9-,11-;6-,7-,9-,11-/m11/s1. The summed E-state index contributed by atoms with van der Waals surface area (Å²) in [5, 5.41) is 18.1. The second-order valence-corrected chi connectivity index (χ2v) is 9.37. The van der Waals surface area contributed by atoms with Crippen molar-refractivity contribution in [1.82, 2.24) is 19.1 Å². The number of rotatable bonds is 4. The summed E-state index contributed by atoms with van der Waals surface area (Å²) in [5.74, 6) is -2.79. The van der Waals surface area contributed by atoms with Gasteiger partial charge in [-0.15, -0.1) is 0 Å². The summed E-state index contributed by atoms with van der Waals surface area (Å²) < 4.78 is 41.5. The van der Waals surface area contributed by atoms with Crippen LogP contribution in [0.2, 0.25) is 0 Å². The van der Waals surface area contributed by atoms with Gasteiger partial charge in [0.05, 0.1) is 12.7 Å². The van der Waals surface area contributed by atoms with E-state index in [1.807, 2.05) is 9.97 Å². The first kappa shape index (κ1) is 28.1. The Kier molecular flexibility index (Phi) is 7.72. The fraction of sp³-hybridized carbons (Fsp3) is 0.591. The summed E-state index contributed by atoms with van der Waals surface area (Å²) >= 11 is 0. The Balaban J connectivity index is 0.000000206. The van der Waals surface area contributed by atoms with Crippen LogP contribution < -0.4 is 22.5 Å². The molecule has 2 aromatic heterocycles. The SMILES string of the molecule is C[C@@H]1[C@@H](C(=O)O)O[C@@H](n2ccc(=O)[nH]c2=O)[C@]1(C)F.C[C@@H]1[C@@H](CO)O[C@@H](n2ccc(=O)[nH]c2=O)[C@]1(C)F. The molecule has 0 aliphatic carbocycles. The summed E-state index contributed by atoms with van der Waals surface area (Å²) in [6, 6.07) is 2.16. The number of aliphatic hydroxyl groups is 1. The number of hydrogen-bond acceptors (Lipinski definition) is 8. The van der Waals surface area contributed by atoms with Crippen LogP contribution in [0.15, 0.2) is 43.7 Å². The molecule has 0 unspecified atom stereocenters. The van der Waals surface area contributed by atoms with Gasteiger partial charge in [-0.05, 0) is 13.8 Å². The molecule has 0 saturated carbocycles. The molecular formula is C22H28F2N4O9. The van der Waals surface area contributed by atoms with E-state index in [0.717, 1.165) is 27.5 Å². The first-order valence-electron chi connectivity index (χ1n) is 11.3. The van der Waals surface area contributed by atoms with Crippen LogP contribution in [0.4, 0.5) is 8.78 Å². The monoisotopic (exact) mass is 530 g/mol. The highest BCUT2D eigenvalue weighted by Crippen LogP contribution is 2.45. The number of aromatic amines is 2. The average Bonchev–Trinajstić information content (AvgIpc) is 3.18. The predicted octanol–water partition coefficient (Wildman–Crippen LogP) is -0.326. The molecule has 13 nitrogen and oxygen atoms in total. The molecule has 0 radical (unpaired) electrons. The van der Waals surface area contributed by atoms with Crippen molar-refractivity contribution in [3.63, 3.8) is 0 Å². The van der Waals surface area contributed by atoms with Gasteiger partial charge in [0.15, 0.2) is 29.9 Å². The van der Waals surface area contributed by atoms with Gasteiger partial charge in [-0.3, -0.25) is 28.7 Å². The third kappa shape index (κ3) is 5.19. The molecule has 37 heavy (non-hydrogen) atoms. The number of carboxylic acids is 1. The molecule has 15 heteroatoms. The van der Waals surface area contributed by atoms with Gasteiger partial charge >= 0.3 is 17.3 Å². The highest BCUT2D eigenvalue weighted by Gasteiger charge is 2.56. The lowest BCUT2D eigenvalue weighted by Crippen LogP contribution is -2.40. The van der Waals surface area contributed by atoms with Crippen molar-refractivity contribution < 1.29 is 33.3 Å². The lowest BCUT2D eigenvalue weighted by atomic mass is 9.89. The van der Waals surface area contributed by atoms with Crippen LogP contribution in [0.1, 0.15) is 40.2 Å². The zero-order valence-corrected chi connectivity index (χ0v) is 20.4. The average molecular weight is 530 g/mol. The van der Waals surface area contributed by atoms with Crippen LogP contribution in [-0.4, -0.2) is 65.4 Å². The second-order valence-electron chi connectivity index (χ2n) is 9.37. The molecule has 204 valence electrons. The molecular weight excluding hydrogens is 502 g/mol. The first-order valence-corrected chi connectivity index (χ1v) is 11.3. The highest BCUT2D eigenvalue weighted by atomic mass is 19.1. The van der Waals surface area contributed by atoms with Gasteiger partial charge in [0.2, 0.25) is 0 Å². The second kappa shape index (κ2) is 10.1. The van der Waals surface area contributed by atoms with Crippen molar-refractivity contribution in [2.45, 2.75) is 63.7 Å². The van der Waals surface area contributed by atoms with E-state index in [1.165, 1.54) is 27.0 Å². The Morgan fingerprint density at radius 3 is 1.70 bits per heavy atom. The number of nitrogens with one attached hydrogen (secondary N) is 2. The number of aliphatic hydroxyl groups excluding tert-OH is 1. The zero-order chi connectivity index (χ0) is 27.9. The van der Waals surface area contributed by atoms with E-state index in [1.54, 1.807) is 6.92 Å². The minimum Gasteiger partial charge on any atom is -0.479 e. The van der Waals surface area contributed by atoms with E-state index in [4.69, 9.17) is 19.7 Å². The Labute approximate surface area is 207 Å². The maximum atomic E-state index is 14.6. The molecule has 2 aromatic rings. The van der Waals surface area contributed by atoms with Gasteiger partial charge in [-0.25, -0.2) is 23.2 Å². The van der Waals surface area contributed by atoms with Crippen molar-refractivity contribution in [3.8, 4) is 0 Å². The lowest BCUT2D eigenvalue weighted by molar-refractivity contribution is -0.153. The molecule has 4 heterocycles. The molecule has 2 saturated heterocycles. The number of halogens is 2. The quantitative estimate of drug-likeness (QED) is 0.411. The van der Waals surface area contributed by atoms with Crippen molar-refractivity contribution in [1.29, 1.82) is 0 Å². The molecule has 2 fully saturated rings. The van der Waals surface area contributed by atoms with Gasteiger partial charge in [0.25, 0.3) is 11.1 Å². The summed E-state index contributed by atoms with van der Waals surface area (Å²) in [6.07, 6.45) is -2.30. The maximum Gasteiger partial charge on any atom is 0.333 e. The van der Waals surface area contributed by atoms with E-state index in [2.05, 4.69) is 0 Å². The predicted molar refractivity (Wildman–Crippen MR) is 123 cm³/mol. The number of nitrogens with zero attached hydrogens (tertiary/aromatic N) is 2. The fourth-order valence-electron chi connectivity index (χ4n) is 4.29. The minimum absolute atomic E-state index is 0.324. The number of aromatic nitrogens is 4. The Morgan fingerprint density at radius 1 is 0.919 bits per heavy atom. The lowest BCUT2D eigenvalue weighted by Gasteiger charge is -2.25. The maximum absolute atomic E-state index is 14.6. The van der Waals surface area contributed by atoms with E-state index in [9.17, 15) is 32.8 Å². The Bertz CT molecular complexity index is 1380. The smallest absolute Gasteiger partial charge is 0.333 e. The number of aliphatic carboxylic acids is 1. The van der Waals surface area contributed by atoms with Crippen LogP contribution in [0.5, 0.6) is 0 Å². The van der Waals surface area contributed by atoms with Crippen molar-refractivity contribution in [3.05, 3.63) is 66.2 Å². The molecule has 4 rings (SSSR count). The summed E-state index contributed by atoms with van der Waals surface area (Å²) in [6.45, 7) is 5.17. The van der Waals surface area contributed by atoms with Crippen molar-refractivity contribution in [2.75, 3.05) is 6.61 Å². The van der Waals surface area contributed by atoms with Gasteiger partial charge in [-0.2, -0.15) is 0 Å². The summed E-state index contributed by atoms with van der Waals surface area (Å²) in [5.41, 5.74) is -6.62. The van der Waals surface area contributed by atoms with Crippen molar-refractivity contribution in [2.24, 2.45) is 11.8 Å². The van der Waals surface area contributed by atoms with Gasteiger partial charge in [-0.1, -0.05) is 13.8 Å². The number of alkyl halides is 2. The molecule has 8 atom stereocenters. The van der Waals surface area contributed by atoms with Gasteiger partial charge in [0.1, 0.15) is 0 Å². The van der Waals surface area contributed by atoms with E-state index in [0.29, 0.717) is 0 Å².